The molecule has 0 saturated carbocycles. The number of rotatable bonds is 5. The highest BCUT2D eigenvalue weighted by atomic mass is 79.9. The van der Waals surface area contributed by atoms with Gasteiger partial charge in [-0.2, -0.15) is 0 Å². The topological polar surface area (TPSA) is 109 Å². The van der Waals surface area contributed by atoms with E-state index in [4.69, 9.17) is 22.4 Å². The molecule has 0 saturated heterocycles. The molecule has 0 aromatic heterocycles. The predicted molar refractivity (Wildman–Crippen MR) is 71.9 cm³/mol. The van der Waals surface area contributed by atoms with Crippen LogP contribution in [0, 0.1) is 0 Å². The molecule has 1 rings (SSSR count). The molecule has 4 N–H and O–H groups in total. The van der Waals surface area contributed by atoms with Crippen molar-refractivity contribution in [3.8, 4) is 0 Å². The van der Waals surface area contributed by atoms with Crippen LogP contribution in [0.3, 0.4) is 0 Å². The molecule has 1 atom stereocenters. The van der Waals surface area contributed by atoms with Gasteiger partial charge in [0.2, 0.25) is 5.91 Å². The number of hydrogen-bond acceptors (Lipinski definition) is 3. The number of carboxylic acids is 1. The smallest absolute Gasteiger partial charge is 0.326 e. The van der Waals surface area contributed by atoms with Crippen LogP contribution >= 0.6 is 27.5 Å². The van der Waals surface area contributed by atoms with Crippen LogP contribution in [0.4, 0.5) is 0 Å². The third-order valence-electron chi connectivity index (χ3n) is 2.18. The Morgan fingerprint density at radius 3 is 2.53 bits per heavy atom. The van der Waals surface area contributed by atoms with Gasteiger partial charge in [0, 0.05) is 9.50 Å². The number of amides is 2. The number of aliphatic carboxylic acids is 1. The molecular formula is C11H10BrClN2O4. The van der Waals surface area contributed by atoms with Crippen LogP contribution in [-0.4, -0.2) is 28.9 Å². The molecular weight excluding hydrogens is 339 g/mol. The second-order valence-corrected chi connectivity index (χ2v) is 4.95. The third-order valence-corrected chi connectivity index (χ3v) is 3.08. The lowest BCUT2D eigenvalue weighted by Gasteiger charge is -2.13. The van der Waals surface area contributed by atoms with Crippen molar-refractivity contribution in [3.63, 3.8) is 0 Å². The minimum absolute atomic E-state index is 0.208. The highest BCUT2D eigenvalue weighted by molar-refractivity contribution is 9.10. The second-order valence-electron chi connectivity index (χ2n) is 3.66. The molecule has 0 radical (unpaired) electrons. The Kier molecular flexibility index (Phi) is 5.31. The van der Waals surface area contributed by atoms with Gasteiger partial charge in [-0.3, -0.25) is 9.59 Å². The summed E-state index contributed by atoms with van der Waals surface area (Å²) in [4.78, 5) is 33.5. The van der Waals surface area contributed by atoms with E-state index in [0.29, 0.717) is 9.50 Å². The van der Waals surface area contributed by atoms with Gasteiger partial charge < -0.3 is 16.2 Å². The van der Waals surface area contributed by atoms with Crippen molar-refractivity contribution in [1.82, 2.24) is 5.32 Å². The lowest BCUT2D eigenvalue weighted by molar-refractivity contribution is -0.140. The van der Waals surface area contributed by atoms with E-state index in [1.54, 1.807) is 0 Å². The first-order valence-corrected chi connectivity index (χ1v) is 6.25. The van der Waals surface area contributed by atoms with Crippen LogP contribution in [0.1, 0.15) is 16.8 Å². The summed E-state index contributed by atoms with van der Waals surface area (Å²) in [6.07, 6.45) is -0.480. The number of primary amides is 1. The molecule has 1 unspecified atom stereocenters. The normalized spacial score (nSPS) is 11.7. The van der Waals surface area contributed by atoms with Gasteiger partial charge in [0.1, 0.15) is 6.04 Å². The average molecular weight is 350 g/mol. The van der Waals surface area contributed by atoms with Crippen molar-refractivity contribution in [1.29, 1.82) is 0 Å². The molecule has 6 nitrogen and oxygen atoms in total. The summed E-state index contributed by atoms with van der Waals surface area (Å²) in [6.45, 7) is 0. The van der Waals surface area contributed by atoms with E-state index in [9.17, 15) is 14.4 Å². The minimum Gasteiger partial charge on any atom is -0.480 e. The van der Waals surface area contributed by atoms with E-state index in [2.05, 4.69) is 21.2 Å². The Morgan fingerprint density at radius 2 is 2.05 bits per heavy atom. The quantitative estimate of drug-likeness (QED) is 0.741. The Bertz CT molecular complexity index is 535. The maximum Gasteiger partial charge on any atom is 0.326 e. The fraction of sp³-hybridized carbons (Fsp3) is 0.182. The van der Waals surface area contributed by atoms with Gasteiger partial charge in [-0.05, 0) is 34.1 Å². The molecule has 1 aromatic carbocycles. The Labute approximate surface area is 122 Å². The molecule has 0 fully saturated rings. The first kappa shape index (κ1) is 15.5. The summed E-state index contributed by atoms with van der Waals surface area (Å²) in [5, 5.41) is 11.5. The number of carboxylic acid groups (broad SMARTS) is 1. The summed E-state index contributed by atoms with van der Waals surface area (Å²) >= 11 is 8.87. The molecule has 2 amide bonds. The van der Waals surface area contributed by atoms with Gasteiger partial charge in [0.25, 0.3) is 5.91 Å². The van der Waals surface area contributed by atoms with Crippen molar-refractivity contribution in [2.24, 2.45) is 5.73 Å². The number of nitrogens with one attached hydrogen (secondary N) is 1. The predicted octanol–water partition coefficient (Wildman–Crippen LogP) is 1.16. The van der Waals surface area contributed by atoms with E-state index in [-0.39, 0.29) is 5.56 Å². The van der Waals surface area contributed by atoms with Gasteiger partial charge in [-0.25, -0.2) is 4.79 Å². The largest absolute Gasteiger partial charge is 0.480 e. The first-order valence-electron chi connectivity index (χ1n) is 5.08. The molecule has 0 aliphatic rings. The molecule has 0 spiro atoms. The van der Waals surface area contributed by atoms with Crippen LogP contribution in [0.5, 0.6) is 0 Å². The van der Waals surface area contributed by atoms with Crippen molar-refractivity contribution in [2.45, 2.75) is 12.5 Å². The number of halogens is 2. The molecule has 0 bridgehead atoms. The summed E-state index contributed by atoms with van der Waals surface area (Å²) in [6, 6.07) is 3.06. The van der Waals surface area contributed by atoms with E-state index in [1.165, 1.54) is 18.2 Å². The van der Waals surface area contributed by atoms with Crippen LogP contribution in [-0.2, 0) is 9.59 Å². The van der Waals surface area contributed by atoms with Gasteiger partial charge in [0.05, 0.1) is 12.0 Å². The summed E-state index contributed by atoms with van der Waals surface area (Å²) in [5.41, 5.74) is 5.12. The van der Waals surface area contributed by atoms with E-state index in [1.807, 2.05) is 0 Å². The molecule has 1 aromatic rings. The molecule has 0 aliphatic carbocycles. The van der Waals surface area contributed by atoms with E-state index in [0.717, 1.165) is 0 Å². The van der Waals surface area contributed by atoms with Gasteiger partial charge in [0.15, 0.2) is 0 Å². The van der Waals surface area contributed by atoms with Crippen molar-refractivity contribution >= 4 is 45.3 Å². The fourth-order valence-corrected chi connectivity index (χ4v) is 2.17. The Morgan fingerprint density at radius 1 is 1.42 bits per heavy atom. The minimum atomic E-state index is -1.37. The highest BCUT2D eigenvalue weighted by Gasteiger charge is 2.23. The Balaban J connectivity index is 2.87. The number of nitrogens with two attached hydrogens (primary N) is 1. The number of carbonyl (C=O) groups is 3. The lowest BCUT2D eigenvalue weighted by atomic mass is 10.1. The second kappa shape index (κ2) is 6.53. The molecule has 0 heterocycles. The Hall–Kier alpha value is -1.60. The fourth-order valence-electron chi connectivity index (χ4n) is 1.31. The number of hydrogen-bond donors (Lipinski definition) is 3. The third kappa shape index (κ3) is 4.53. The van der Waals surface area contributed by atoms with Crippen LogP contribution in [0.2, 0.25) is 5.02 Å². The van der Waals surface area contributed by atoms with Crippen molar-refractivity contribution in [3.05, 3.63) is 33.3 Å². The van der Waals surface area contributed by atoms with Gasteiger partial charge in [-0.1, -0.05) is 11.6 Å². The number of benzene rings is 1. The van der Waals surface area contributed by atoms with Crippen molar-refractivity contribution < 1.29 is 19.5 Å². The monoisotopic (exact) mass is 348 g/mol. The molecule has 19 heavy (non-hydrogen) atoms. The average Bonchev–Trinajstić information content (AvgIpc) is 2.26. The summed E-state index contributed by atoms with van der Waals surface area (Å²) < 4.78 is 0.417. The molecule has 102 valence electrons. The van der Waals surface area contributed by atoms with E-state index >= 15 is 0 Å². The zero-order valence-corrected chi connectivity index (χ0v) is 11.9. The molecule has 0 aliphatic heterocycles. The maximum absolute atomic E-state index is 11.9. The van der Waals surface area contributed by atoms with Crippen molar-refractivity contribution in [2.75, 3.05) is 0 Å². The highest BCUT2D eigenvalue weighted by Crippen LogP contribution is 2.21. The van der Waals surface area contributed by atoms with E-state index < -0.39 is 30.2 Å². The molecule has 8 heteroatoms. The van der Waals surface area contributed by atoms with Crippen LogP contribution in [0.15, 0.2) is 22.7 Å². The standard InChI is InChI=1S/C11H10BrClN2O4/c12-7-3-5(13)1-2-6(7)10(17)15-8(11(18)19)4-9(14)16/h1-3,8H,4H2,(H2,14,16)(H,15,17)(H,18,19). The first-order chi connectivity index (χ1) is 8.81. The van der Waals surface area contributed by atoms with Gasteiger partial charge >= 0.3 is 5.97 Å². The number of carbonyl (C=O) groups excluding carboxylic acids is 2. The zero-order valence-electron chi connectivity index (χ0n) is 9.52. The zero-order chi connectivity index (χ0) is 14.6. The SMILES string of the molecule is NC(=O)CC(NC(=O)c1ccc(Cl)cc1Br)C(=O)O. The van der Waals surface area contributed by atoms with Gasteiger partial charge in [-0.15, -0.1) is 0 Å². The summed E-state index contributed by atoms with van der Waals surface area (Å²) in [7, 11) is 0. The van der Waals surface area contributed by atoms with Crippen LogP contribution in [0.25, 0.3) is 0 Å². The lowest BCUT2D eigenvalue weighted by Crippen LogP contribution is -2.43. The van der Waals surface area contributed by atoms with Crippen LogP contribution < -0.4 is 11.1 Å². The maximum atomic E-state index is 11.9. The summed E-state index contributed by atoms with van der Waals surface area (Å²) in [5.74, 6) is -2.79.